The van der Waals surface area contributed by atoms with Crippen molar-refractivity contribution >= 4 is 11.7 Å². The summed E-state index contributed by atoms with van der Waals surface area (Å²) in [6.07, 6.45) is 2.42. The molecule has 2 aromatic rings. The number of anilines is 1. The van der Waals surface area contributed by atoms with E-state index < -0.39 is 6.10 Å². The monoisotopic (exact) mass is 338 g/mol. The number of nitrogens with zero attached hydrogens (tertiary/aromatic N) is 2. The lowest BCUT2D eigenvalue weighted by atomic mass is 9.76. The third-order valence-electron chi connectivity index (χ3n) is 5.43. The summed E-state index contributed by atoms with van der Waals surface area (Å²) in [5.41, 5.74) is 8.38. The zero-order valence-electron chi connectivity index (χ0n) is 14.0. The molecule has 0 unspecified atom stereocenters. The molecule has 1 aromatic carbocycles. The van der Waals surface area contributed by atoms with Crippen LogP contribution in [0.3, 0.4) is 0 Å². The summed E-state index contributed by atoms with van der Waals surface area (Å²) in [5, 5.41) is 14.4. The molecule has 1 amide bonds. The SMILES string of the molecule is Nc1cc(C(=O)N2CC[C@]3(Cc4ccccc4CN3)[C@H](O)C2)ccn1. The van der Waals surface area contributed by atoms with Gasteiger partial charge in [-0.25, -0.2) is 4.98 Å². The predicted octanol–water partition coefficient (Wildman–Crippen LogP) is 0.955. The summed E-state index contributed by atoms with van der Waals surface area (Å²) in [6.45, 7) is 1.67. The summed E-state index contributed by atoms with van der Waals surface area (Å²) in [7, 11) is 0. The number of nitrogen functional groups attached to an aromatic ring is 1. The Morgan fingerprint density at radius 3 is 2.88 bits per heavy atom. The van der Waals surface area contributed by atoms with E-state index in [4.69, 9.17) is 5.73 Å². The summed E-state index contributed by atoms with van der Waals surface area (Å²) >= 11 is 0. The van der Waals surface area contributed by atoms with Crippen LogP contribution >= 0.6 is 0 Å². The second kappa shape index (κ2) is 6.13. The number of hydrogen-bond donors (Lipinski definition) is 3. The first-order valence-corrected chi connectivity index (χ1v) is 8.58. The number of aliphatic hydroxyl groups is 1. The molecule has 1 aromatic heterocycles. The molecule has 2 aliphatic heterocycles. The molecule has 25 heavy (non-hydrogen) atoms. The van der Waals surface area contributed by atoms with Gasteiger partial charge in [0.1, 0.15) is 5.82 Å². The van der Waals surface area contributed by atoms with Crippen molar-refractivity contribution in [2.24, 2.45) is 0 Å². The Morgan fingerprint density at radius 2 is 2.12 bits per heavy atom. The third-order valence-corrected chi connectivity index (χ3v) is 5.43. The third kappa shape index (κ3) is 2.88. The first-order valence-electron chi connectivity index (χ1n) is 8.58. The smallest absolute Gasteiger partial charge is 0.254 e. The number of rotatable bonds is 1. The number of nitrogens with two attached hydrogens (primary N) is 1. The molecule has 6 heteroatoms. The van der Waals surface area contributed by atoms with Gasteiger partial charge in [0.25, 0.3) is 5.91 Å². The highest BCUT2D eigenvalue weighted by Crippen LogP contribution is 2.32. The van der Waals surface area contributed by atoms with Crippen LogP contribution in [0.5, 0.6) is 0 Å². The van der Waals surface area contributed by atoms with Crippen LogP contribution in [0, 0.1) is 0 Å². The number of carbonyl (C=O) groups is 1. The largest absolute Gasteiger partial charge is 0.389 e. The van der Waals surface area contributed by atoms with Gasteiger partial charge in [-0.3, -0.25) is 4.79 Å². The molecule has 1 saturated heterocycles. The molecular formula is C19H22N4O2. The number of pyridine rings is 1. The Kier molecular flexibility index (Phi) is 3.94. The van der Waals surface area contributed by atoms with E-state index in [-0.39, 0.29) is 11.4 Å². The summed E-state index contributed by atoms with van der Waals surface area (Å²) in [5.74, 6) is 0.213. The maximum atomic E-state index is 12.7. The zero-order chi connectivity index (χ0) is 17.4. The Balaban J connectivity index is 1.50. The van der Waals surface area contributed by atoms with E-state index in [0.29, 0.717) is 24.5 Å². The standard InChI is InChI=1S/C19H22N4O2/c20-17-9-13(5-7-21-17)18(25)23-8-6-19(16(24)12-23)10-14-3-1-2-4-15(14)11-22-19/h1-5,7,9,16,22,24H,6,8,10-12H2,(H2,20,21)/t16-,19+/m1/s1. The molecule has 1 spiro atoms. The van der Waals surface area contributed by atoms with Crippen LogP contribution in [0.25, 0.3) is 0 Å². The van der Waals surface area contributed by atoms with Crippen molar-refractivity contribution in [3.8, 4) is 0 Å². The van der Waals surface area contributed by atoms with Crippen molar-refractivity contribution in [2.75, 3.05) is 18.8 Å². The molecule has 4 rings (SSSR count). The van der Waals surface area contributed by atoms with Crippen molar-refractivity contribution in [1.82, 2.24) is 15.2 Å². The van der Waals surface area contributed by atoms with Crippen molar-refractivity contribution in [3.05, 3.63) is 59.3 Å². The van der Waals surface area contributed by atoms with Gasteiger partial charge in [-0.15, -0.1) is 0 Å². The average molecular weight is 338 g/mol. The number of aliphatic hydroxyl groups excluding tert-OH is 1. The number of likely N-dealkylation sites (tertiary alicyclic amines) is 1. The number of piperidine rings is 1. The van der Waals surface area contributed by atoms with Gasteiger partial charge in [0, 0.05) is 31.4 Å². The minimum Gasteiger partial charge on any atom is -0.389 e. The summed E-state index contributed by atoms with van der Waals surface area (Å²) in [6, 6.07) is 11.6. The highest BCUT2D eigenvalue weighted by atomic mass is 16.3. The molecule has 0 aliphatic carbocycles. The topological polar surface area (TPSA) is 91.5 Å². The Labute approximate surface area is 146 Å². The highest BCUT2D eigenvalue weighted by Gasteiger charge is 2.45. The molecule has 0 radical (unpaired) electrons. The predicted molar refractivity (Wildman–Crippen MR) is 94.9 cm³/mol. The quantitative estimate of drug-likeness (QED) is 0.720. The van der Waals surface area contributed by atoms with Gasteiger partial charge in [-0.1, -0.05) is 24.3 Å². The van der Waals surface area contributed by atoms with Gasteiger partial charge in [0.15, 0.2) is 0 Å². The molecule has 2 aliphatic rings. The molecule has 130 valence electrons. The van der Waals surface area contributed by atoms with Gasteiger partial charge >= 0.3 is 0 Å². The van der Waals surface area contributed by atoms with E-state index in [0.717, 1.165) is 19.4 Å². The molecular weight excluding hydrogens is 316 g/mol. The van der Waals surface area contributed by atoms with Gasteiger partial charge < -0.3 is 21.1 Å². The fraction of sp³-hybridized carbons (Fsp3) is 0.368. The molecule has 0 bridgehead atoms. The fourth-order valence-corrected chi connectivity index (χ4v) is 3.91. The van der Waals surface area contributed by atoms with Crippen LogP contribution in [0.2, 0.25) is 0 Å². The van der Waals surface area contributed by atoms with E-state index >= 15 is 0 Å². The Morgan fingerprint density at radius 1 is 1.32 bits per heavy atom. The van der Waals surface area contributed by atoms with Gasteiger partial charge in [0.2, 0.25) is 0 Å². The van der Waals surface area contributed by atoms with Gasteiger partial charge in [0.05, 0.1) is 11.6 Å². The number of amides is 1. The second-order valence-electron chi connectivity index (χ2n) is 6.94. The van der Waals surface area contributed by atoms with Crippen LogP contribution in [-0.4, -0.2) is 45.6 Å². The summed E-state index contributed by atoms with van der Waals surface area (Å²) < 4.78 is 0. The molecule has 3 heterocycles. The van der Waals surface area contributed by atoms with Crippen LogP contribution < -0.4 is 11.1 Å². The maximum Gasteiger partial charge on any atom is 0.254 e. The molecule has 4 N–H and O–H groups in total. The van der Waals surface area contributed by atoms with E-state index in [2.05, 4.69) is 22.4 Å². The van der Waals surface area contributed by atoms with Crippen molar-refractivity contribution in [3.63, 3.8) is 0 Å². The lowest BCUT2D eigenvalue weighted by molar-refractivity contribution is -0.0138. The van der Waals surface area contributed by atoms with Crippen molar-refractivity contribution in [1.29, 1.82) is 0 Å². The maximum absolute atomic E-state index is 12.7. The molecule has 0 saturated carbocycles. The summed E-state index contributed by atoms with van der Waals surface area (Å²) in [4.78, 5) is 18.3. The van der Waals surface area contributed by atoms with E-state index in [1.54, 1.807) is 17.0 Å². The fourth-order valence-electron chi connectivity index (χ4n) is 3.91. The molecule has 2 atom stereocenters. The lowest BCUT2D eigenvalue weighted by Crippen LogP contribution is -2.65. The Bertz CT molecular complexity index is 810. The second-order valence-corrected chi connectivity index (χ2v) is 6.94. The first kappa shape index (κ1) is 16.1. The number of hydrogen-bond acceptors (Lipinski definition) is 5. The number of nitrogens with one attached hydrogen (secondary N) is 1. The minimum atomic E-state index is -0.613. The number of β-amino-alcohol motifs (C(OH)–C–C–N with tert-alkyl or cyclic N) is 1. The number of fused-ring (bicyclic) bond motifs is 1. The van der Waals surface area contributed by atoms with Crippen molar-refractivity contribution in [2.45, 2.75) is 31.0 Å². The van der Waals surface area contributed by atoms with Crippen LogP contribution in [0.4, 0.5) is 5.82 Å². The normalized spacial score (nSPS) is 25.6. The van der Waals surface area contributed by atoms with E-state index in [9.17, 15) is 9.90 Å². The number of aromatic nitrogens is 1. The van der Waals surface area contributed by atoms with Crippen LogP contribution in [0.1, 0.15) is 27.9 Å². The Hall–Kier alpha value is -2.44. The molecule has 6 nitrogen and oxygen atoms in total. The van der Waals surface area contributed by atoms with Gasteiger partial charge in [-0.2, -0.15) is 0 Å². The number of benzene rings is 1. The van der Waals surface area contributed by atoms with Crippen LogP contribution in [-0.2, 0) is 13.0 Å². The van der Waals surface area contributed by atoms with Gasteiger partial charge in [-0.05, 0) is 36.1 Å². The van der Waals surface area contributed by atoms with E-state index in [1.807, 2.05) is 12.1 Å². The number of carbonyl (C=O) groups excluding carboxylic acids is 1. The lowest BCUT2D eigenvalue weighted by Gasteiger charge is -2.48. The molecule has 1 fully saturated rings. The minimum absolute atomic E-state index is 0.112. The van der Waals surface area contributed by atoms with Crippen molar-refractivity contribution < 1.29 is 9.90 Å². The zero-order valence-corrected chi connectivity index (χ0v) is 14.0. The first-order chi connectivity index (χ1) is 12.1. The van der Waals surface area contributed by atoms with Crippen LogP contribution in [0.15, 0.2) is 42.6 Å². The average Bonchev–Trinajstić information content (AvgIpc) is 2.63. The highest BCUT2D eigenvalue weighted by molar-refractivity contribution is 5.94. The van der Waals surface area contributed by atoms with E-state index in [1.165, 1.54) is 17.3 Å².